The molecule has 1 aromatic heterocycles. The van der Waals surface area contributed by atoms with Gasteiger partial charge in [0.15, 0.2) is 23.4 Å². The lowest BCUT2D eigenvalue weighted by Gasteiger charge is -2.41. The van der Waals surface area contributed by atoms with Gasteiger partial charge in [-0.05, 0) is 48.0 Å². The number of carbonyl (C=O) groups excluding carboxylic acids is 3. The SMILES string of the molecule is COc1cc(C=CC(=O)Oc2cc(O)c3c(=O)c(O[C@@H]4O[C@H](COC(C)=O)[C@@H](O)[C@H](O)[C@H]4OC(C)=O)c(-c4ccc(O)cc4)oc3c2)ccc1O. The van der Waals surface area contributed by atoms with Crippen LogP contribution >= 0.6 is 0 Å². The van der Waals surface area contributed by atoms with E-state index in [0.717, 1.165) is 32.1 Å². The molecule has 51 heavy (non-hydrogen) atoms. The van der Waals surface area contributed by atoms with E-state index in [0.29, 0.717) is 5.56 Å². The standard InChI is InChI=1S/C35H32O16/c1-16(36)46-15-26-29(42)31(44)34(47-17(2)37)35(50-26)51-33-30(43)28-23(40)13-21(14-25(28)49-32(33)19-6-8-20(38)9-7-19)48-27(41)11-5-18-4-10-22(39)24(12-18)45-3/h4-14,26,29,31,34-35,38-40,42,44H,15H2,1-3H3/t26-,29-,31+,34-,35+/m1/s1. The molecule has 3 aromatic carbocycles. The number of carbonyl (C=O) groups is 3. The van der Waals surface area contributed by atoms with Gasteiger partial charge in [-0.3, -0.25) is 14.4 Å². The molecule has 0 radical (unpaired) electrons. The van der Waals surface area contributed by atoms with E-state index in [1.54, 1.807) is 0 Å². The van der Waals surface area contributed by atoms with Crippen molar-refractivity contribution in [2.75, 3.05) is 13.7 Å². The molecule has 0 unspecified atom stereocenters. The fraction of sp³-hybridized carbons (Fsp3) is 0.257. The van der Waals surface area contributed by atoms with Crippen LogP contribution in [0.15, 0.2) is 69.9 Å². The predicted molar refractivity (Wildman–Crippen MR) is 174 cm³/mol. The fourth-order valence-corrected chi connectivity index (χ4v) is 5.11. The minimum absolute atomic E-state index is 0.0964. The molecule has 1 saturated heterocycles. The summed E-state index contributed by atoms with van der Waals surface area (Å²) in [6, 6.07) is 11.8. The monoisotopic (exact) mass is 708 g/mol. The van der Waals surface area contributed by atoms with Gasteiger partial charge in [-0.15, -0.1) is 0 Å². The van der Waals surface area contributed by atoms with E-state index in [1.165, 1.54) is 55.7 Å². The van der Waals surface area contributed by atoms with Crippen molar-refractivity contribution in [2.24, 2.45) is 0 Å². The van der Waals surface area contributed by atoms with Crippen molar-refractivity contribution in [1.29, 1.82) is 0 Å². The highest BCUT2D eigenvalue weighted by atomic mass is 16.7. The topological polar surface area (TPSA) is 238 Å². The van der Waals surface area contributed by atoms with Crippen molar-refractivity contribution < 1.29 is 72.8 Å². The van der Waals surface area contributed by atoms with Gasteiger partial charge in [0.1, 0.15) is 53.1 Å². The van der Waals surface area contributed by atoms with Gasteiger partial charge in [0.25, 0.3) is 0 Å². The molecule has 0 bridgehead atoms. The Morgan fingerprint density at radius 2 is 1.63 bits per heavy atom. The number of phenols is 3. The second-order valence-corrected chi connectivity index (χ2v) is 11.2. The van der Waals surface area contributed by atoms with E-state index >= 15 is 0 Å². The molecule has 2 heterocycles. The average Bonchev–Trinajstić information content (AvgIpc) is 3.08. The highest BCUT2D eigenvalue weighted by Crippen LogP contribution is 2.38. The lowest BCUT2D eigenvalue weighted by atomic mass is 9.99. The minimum atomic E-state index is -1.84. The molecule has 1 aliphatic heterocycles. The summed E-state index contributed by atoms with van der Waals surface area (Å²) in [7, 11) is 1.37. The zero-order valence-electron chi connectivity index (χ0n) is 27.2. The van der Waals surface area contributed by atoms with E-state index in [1.807, 2.05) is 0 Å². The average molecular weight is 709 g/mol. The number of hydrogen-bond acceptors (Lipinski definition) is 16. The van der Waals surface area contributed by atoms with Crippen LogP contribution in [0.3, 0.4) is 0 Å². The third-order valence-corrected chi connectivity index (χ3v) is 7.50. The molecular weight excluding hydrogens is 676 g/mol. The van der Waals surface area contributed by atoms with Crippen LogP contribution in [0.1, 0.15) is 19.4 Å². The summed E-state index contributed by atoms with van der Waals surface area (Å²) >= 11 is 0. The van der Waals surface area contributed by atoms with Crippen LogP contribution in [0.2, 0.25) is 0 Å². The second-order valence-electron chi connectivity index (χ2n) is 11.2. The van der Waals surface area contributed by atoms with Crippen LogP contribution in [0.4, 0.5) is 0 Å². The Labute approximate surface area is 288 Å². The maximum absolute atomic E-state index is 14.0. The van der Waals surface area contributed by atoms with Crippen molar-refractivity contribution in [1.82, 2.24) is 0 Å². The van der Waals surface area contributed by atoms with Crippen molar-refractivity contribution >= 4 is 35.0 Å². The number of aromatic hydroxyl groups is 3. The Bertz CT molecular complexity index is 2030. The van der Waals surface area contributed by atoms with Gasteiger partial charge in [0, 0.05) is 37.6 Å². The van der Waals surface area contributed by atoms with E-state index in [-0.39, 0.29) is 39.9 Å². The number of hydrogen-bond donors (Lipinski definition) is 5. The van der Waals surface area contributed by atoms with Crippen molar-refractivity contribution in [3.63, 3.8) is 0 Å². The summed E-state index contributed by atoms with van der Waals surface area (Å²) < 4.78 is 38.1. The molecule has 0 saturated carbocycles. The summed E-state index contributed by atoms with van der Waals surface area (Å²) in [5, 5.41) is 51.7. The molecular formula is C35H32O16. The first-order chi connectivity index (χ1) is 24.2. The summed E-state index contributed by atoms with van der Waals surface area (Å²) in [5.74, 6) is -4.37. The molecule has 5 N–H and O–H groups in total. The third kappa shape index (κ3) is 8.21. The van der Waals surface area contributed by atoms with Gasteiger partial charge in [-0.1, -0.05) is 6.07 Å². The predicted octanol–water partition coefficient (Wildman–Crippen LogP) is 2.52. The molecule has 1 aliphatic rings. The number of phenolic OH excluding ortho intramolecular Hbond substituents is 3. The van der Waals surface area contributed by atoms with Gasteiger partial charge in [0.2, 0.25) is 17.5 Å². The number of ether oxygens (including phenoxy) is 6. The van der Waals surface area contributed by atoms with Gasteiger partial charge in [-0.2, -0.15) is 0 Å². The number of aliphatic hydroxyl groups excluding tert-OH is 2. The van der Waals surface area contributed by atoms with Crippen LogP contribution in [0, 0.1) is 0 Å². The maximum Gasteiger partial charge on any atom is 0.336 e. The normalized spacial score (nSPS) is 20.1. The largest absolute Gasteiger partial charge is 0.508 e. The van der Waals surface area contributed by atoms with Gasteiger partial charge < -0.3 is 58.4 Å². The summed E-state index contributed by atoms with van der Waals surface area (Å²) in [6.07, 6.45) is -6.00. The molecule has 5 atom stereocenters. The highest BCUT2D eigenvalue weighted by Gasteiger charge is 2.49. The molecule has 0 aliphatic carbocycles. The lowest BCUT2D eigenvalue weighted by molar-refractivity contribution is -0.282. The van der Waals surface area contributed by atoms with E-state index in [2.05, 4.69) is 0 Å². The van der Waals surface area contributed by atoms with Crippen LogP contribution in [-0.2, 0) is 28.6 Å². The van der Waals surface area contributed by atoms with Gasteiger partial charge in [-0.25, -0.2) is 4.79 Å². The molecule has 4 aromatic rings. The first kappa shape index (κ1) is 36.2. The Morgan fingerprint density at radius 3 is 2.29 bits per heavy atom. The van der Waals surface area contributed by atoms with Crippen LogP contribution in [-0.4, -0.2) is 87.9 Å². The zero-order chi connectivity index (χ0) is 37.0. The first-order valence-corrected chi connectivity index (χ1v) is 15.1. The van der Waals surface area contributed by atoms with Crippen LogP contribution in [0.5, 0.6) is 34.5 Å². The van der Waals surface area contributed by atoms with E-state index < -0.39 is 77.5 Å². The number of aliphatic hydroxyl groups is 2. The molecule has 0 amide bonds. The second kappa shape index (κ2) is 15.2. The van der Waals surface area contributed by atoms with Gasteiger partial charge >= 0.3 is 17.9 Å². The number of rotatable bonds is 10. The molecule has 5 rings (SSSR count). The Morgan fingerprint density at radius 1 is 0.902 bits per heavy atom. The summed E-state index contributed by atoms with van der Waals surface area (Å²) in [6.45, 7) is 1.59. The highest BCUT2D eigenvalue weighted by molar-refractivity contribution is 5.92. The first-order valence-electron chi connectivity index (χ1n) is 15.1. The molecule has 16 nitrogen and oxygen atoms in total. The maximum atomic E-state index is 14.0. The van der Waals surface area contributed by atoms with Crippen molar-refractivity contribution in [3.8, 4) is 45.8 Å². The molecule has 0 spiro atoms. The third-order valence-electron chi connectivity index (χ3n) is 7.50. The Hall–Kier alpha value is -6.10. The molecule has 268 valence electrons. The van der Waals surface area contributed by atoms with Crippen molar-refractivity contribution in [2.45, 2.75) is 44.6 Å². The van der Waals surface area contributed by atoms with E-state index in [9.17, 15) is 44.7 Å². The smallest absolute Gasteiger partial charge is 0.336 e. The summed E-state index contributed by atoms with van der Waals surface area (Å²) in [4.78, 5) is 50.1. The summed E-state index contributed by atoms with van der Waals surface area (Å²) in [5.41, 5.74) is -0.599. The van der Waals surface area contributed by atoms with Gasteiger partial charge in [0.05, 0.1) is 7.11 Å². The minimum Gasteiger partial charge on any atom is -0.508 e. The fourth-order valence-electron chi connectivity index (χ4n) is 5.11. The van der Waals surface area contributed by atoms with E-state index in [4.69, 9.17) is 32.8 Å². The van der Waals surface area contributed by atoms with Crippen LogP contribution < -0.4 is 19.6 Å². The van der Waals surface area contributed by atoms with Crippen LogP contribution in [0.25, 0.3) is 28.4 Å². The Kier molecular flexibility index (Phi) is 10.8. The lowest BCUT2D eigenvalue weighted by Crippen LogP contribution is -2.61. The molecule has 1 fully saturated rings. The quantitative estimate of drug-likeness (QED) is 0.0904. The number of methoxy groups -OCH3 is 1. The number of benzene rings is 3. The van der Waals surface area contributed by atoms with Crippen molar-refractivity contribution in [3.05, 3.63) is 76.5 Å². The molecule has 16 heteroatoms. The number of fused-ring (bicyclic) bond motifs is 1. The Balaban J connectivity index is 1.54. The number of esters is 3. The zero-order valence-corrected chi connectivity index (χ0v) is 27.2.